The minimum absolute atomic E-state index is 0.0846. The number of carbonyl (C=O) groups is 4. The summed E-state index contributed by atoms with van der Waals surface area (Å²) in [5.74, 6) is -1.66. The number of benzene rings is 2. The highest BCUT2D eigenvalue weighted by molar-refractivity contribution is 9.10. The Kier molecular flexibility index (Phi) is 8.39. The number of hydrogen-bond donors (Lipinski definition) is 1. The van der Waals surface area contributed by atoms with Crippen molar-refractivity contribution in [2.45, 2.75) is 70.7 Å². The Balaban J connectivity index is 1.45. The number of ether oxygens (including phenoxy) is 6. The van der Waals surface area contributed by atoms with Gasteiger partial charge in [0.1, 0.15) is 18.5 Å². The van der Waals surface area contributed by atoms with Gasteiger partial charge in [0, 0.05) is 59.9 Å². The number of fused-ring (bicyclic) bond motifs is 4. The molecule has 43 heavy (non-hydrogen) atoms. The molecule has 11 nitrogen and oxygen atoms in total. The Bertz CT molecular complexity index is 1610. The Labute approximate surface area is 256 Å². The lowest BCUT2D eigenvalue weighted by atomic mass is 9.71. The molecule has 3 aromatic rings. The van der Waals surface area contributed by atoms with Gasteiger partial charge in [-0.25, -0.2) is 0 Å². The van der Waals surface area contributed by atoms with Crippen LogP contribution in [0.2, 0.25) is 0 Å². The number of carbonyl (C=O) groups excluding carboxylic acids is 4. The molecule has 0 bridgehead atoms. The number of methoxy groups -OCH3 is 1. The number of aromatic amines is 1. The van der Waals surface area contributed by atoms with Crippen LogP contribution in [0.5, 0.6) is 5.75 Å². The SMILES string of the molecule is CO[C@H]1O[C@H](COc2ccc3c(c2)C(C)(C)c2[nH]c4cc(Br)ccc4c2C3=O)C(OC(C)=O)[C@H](OC(C)=O)[C@H]1OC(C)=O. The molecule has 1 aromatic heterocycles. The molecule has 0 saturated carbocycles. The largest absolute Gasteiger partial charge is 0.491 e. The second-order valence-corrected chi connectivity index (χ2v) is 12.0. The molecule has 1 N–H and O–H groups in total. The van der Waals surface area contributed by atoms with E-state index in [0.29, 0.717) is 16.9 Å². The third-order valence-corrected chi connectivity index (χ3v) is 8.16. The molecule has 1 aliphatic heterocycles. The van der Waals surface area contributed by atoms with Gasteiger partial charge in [-0.2, -0.15) is 0 Å². The normalized spacial score (nSPS) is 24.1. The average Bonchev–Trinajstić information content (AvgIpc) is 3.32. The zero-order chi connectivity index (χ0) is 31.2. The first-order valence-electron chi connectivity index (χ1n) is 13.7. The highest BCUT2D eigenvalue weighted by atomic mass is 79.9. The first kappa shape index (κ1) is 30.7. The van der Waals surface area contributed by atoms with Gasteiger partial charge in [-0.3, -0.25) is 19.2 Å². The van der Waals surface area contributed by atoms with E-state index < -0.39 is 54.0 Å². The van der Waals surface area contributed by atoms with E-state index in [1.165, 1.54) is 27.9 Å². The number of aromatic nitrogens is 1. The van der Waals surface area contributed by atoms with E-state index >= 15 is 0 Å². The third-order valence-electron chi connectivity index (χ3n) is 7.67. The van der Waals surface area contributed by atoms with Crippen LogP contribution in [0.1, 0.15) is 61.8 Å². The van der Waals surface area contributed by atoms with Crippen LogP contribution in [-0.2, 0) is 43.5 Å². The van der Waals surface area contributed by atoms with Crippen LogP contribution >= 0.6 is 15.9 Å². The number of rotatable bonds is 7. The zero-order valence-corrected chi connectivity index (χ0v) is 26.1. The predicted molar refractivity (Wildman–Crippen MR) is 156 cm³/mol. The topological polar surface area (TPSA) is 139 Å². The molecule has 12 heteroatoms. The lowest BCUT2D eigenvalue weighted by Gasteiger charge is -2.43. The molecule has 2 aliphatic rings. The second kappa shape index (κ2) is 11.7. The predicted octanol–water partition coefficient (Wildman–Crippen LogP) is 4.35. The van der Waals surface area contributed by atoms with Crippen molar-refractivity contribution in [2.75, 3.05) is 13.7 Å². The quantitative estimate of drug-likeness (QED) is 0.288. The smallest absolute Gasteiger partial charge is 0.303 e. The second-order valence-electron chi connectivity index (χ2n) is 11.0. The molecule has 1 saturated heterocycles. The molecule has 2 heterocycles. The molecule has 1 aliphatic carbocycles. The number of esters is 3. The summed E-state index contributed by atoms with van der Waals surface area (Å²) < 4.78 is 34.7. The number of nitrogens with one attached hydrogen (secondary N) is 1. The van der Waals surface area contributed by atoms with Gasteiger partial charge < -0.3 is 33.4 Å². The van der Waals surface area contributed by atoms with Crippen LogP contribution in [0.3, 0.4) is 0 Å². The maximum Gasteiger partial charge on any atom is 0.303 e. The summed E-state index contributed by atoms with van der Waals surface area (Å²) >= 11 is 3.50. The fourth-order valence-electron chi connectivity index (χ4n) is 5.83. The van der Waals surface area contributed by atoms with Crippen molar-refractivity contribution in [1.29, 1.82) is 0 Å². The molecule has 0 radical (unpaired) electrons. The van der Waals surface area contributed by atoms with Gasteiger partial charge in [0.2, 0.25) is 0 Å². The van der Waals surface area contributed by atoms with Crippen molar-refractivity contribution in [3.05, 3.63) is 63.3 Å². The number of ketones is 1. The van der Waals surface area contributed by atoms with Crippen LogP contribution < -0.4 is 4.74 Å². The summed E-state index contributed by atoms with van der Waals surface area (Å²) in [6.07, 6.45) is -5.73. The molecule has 5 atom stereocenters. The summed E-state index contributed by atoms with van der Waals surface area (Å²) in [6, 6.07) is 11.0. The lowest BCUT2D eigenvalue weighted by molar-refractivity contribution is -0.301. The highest BCUT2D eigenvalue weighted by Crippen LogP contribution is 2.45. The van der Waals surface area contributed by atoms with Crippen molar-refractivity contribution in [3.8, 4) is 5.75 Å². The fraction of sp³-hybridized carbons (Fsp3) is 0.419. The Morgan fingerprint density at radius 3 is 2.23 bits per heavy atom. The first-order valence-corrected chi connectivity index (χ1v) is 14.4. The summed E-state index contributed by atoms with van der Waals surface area (Å²) in [5.41, 5.74) is 3.10. The van der Waals surface area contributed by atoms with E-state index in [1.807, 2.05) is 32.0 Å². The minimum atomic E-state index is -1.22. The molecule has 1 unspecified atom stereocenters. The van der Waals surface area contributed by atoms with Gasteiger partial charge in [-0.1, -0.05) is 35.8 Å². The van der Waals surface area contributed by atoms with Gasteiger partial charge >= 0.3 is 17.9 Å². The monoisotopic (exact) mass is 657 g/mol. The number of H-pyrrole nitrogens is 1. The Hall–Kier alpha value is -3.74. The van der Waals surface area contributed by atoms with Gasteiger partial charge in [-0.05, 0) is 35.9 Å². The molecular formula is C31H32BrNO10. The Morgan fingerprint density at radius 2 is 1.58 bits per heavy atom. The molecule has 0 amide bonds. The van der Waals surface area contributed by atoms with E-state index in [9.17, 15) is 19.2 Å². The van der Waals surface area contributed by atoms with Crippen molar-refractivity contribution < 1.29 is 47.6 Å². The van der Waals surface area contributed by atoms with Crippen molar-refractivity contribution in [1.82, 2.24) is 4.98 Å². The molecular weight excluding hydrogens is 626 g/mol. The van der Waals surface area contributed by atoms with E-state index in [-0.39, 0.29) is 12.4 Å². The van der Waals surface area contributed by atoms with Gasteiger partial charge in [-0.15, -0.1) is 0 Å². The zero-order valence-electron chi connectivity index (χ0n) is 24.5. The third kappa shape index (κ3) is 5.78. The average molecular weight is 658 g/mol. The summed E-state index contributed by atoms with van der Waals surface area (Å²) in [5, 5.41) is 0.857. The van der Waals surface area contributed by atoms with Crippen LogP contribution in [-0.4, -0.2) is 73.1 Å². The summed E-state index contributed by atoms with van der Waals surface area (Å²) in [7, 11) is 1.34. The van der Waals surface area contributed by atoms with Crippen molar-refractivity contribution in [2.24, 2.45) is 0 Å². The molecule has 2 aromatic carbocycles. The van der Waals surface area contributed by atoms with E-state index in [2.05, 4.69) is 20.9 Å². The maximum absolute atomic E-state index is 13.7. The van der Waals surface area contributed by atoms with Crippen molar-refractivity contribution >= 4 is 50.5 Å². The van der Waals surface area contributed by atoms with E-state index in [0.717, 1.165) is 26.6 Å². The molecule has 228 valence electrons. The van der Waals surface area contributed by atoms with Crippen LogP contribution in [0.25, 0.3) is 10.9 Å². The van der Waals surface area contributed by atoms with Gasteiger partial charge in [0.25, 0.3) is 0 Å². The van der Waals surface area contributed by atoms with E-state index in [1.54, 1.807) is 18.2 Å². The first-order chi connectivity index (χ1) is 20.3. The minimum Gasteiger partial charge on any atom is -0.491 e. The van der Waals surface area contributed by atoms with Gasteiger partial charge in [0.15, 0.2) is 30.4 Å². The molecule has 5 rings (SSSR count). The lowest BCUT2D eigenvalue weighted by Crippen LogP contribution is -2.62. The van der Waals surface area contributed by atoms with Gasteiger partial charge in [0.05, 0.1) is 5.56 Å². The molecule has 1 fully saturated rings. The number of halogens is 1. The maximum atomic E-state index is 13.7. The van der Waals surface area contributed by atoms with Crippen LogP contribution in [0.4, 0.5) is 0 Å². The van der Waals surface area contributed by atoms with Crippen LogP contribution in [0, 0.1) is 0 Å². The van der Waals surface area contributed by atoms with E-state index in [4.69, 9.17) is 28.4 Å². The Morgan fingerprint density at radius 1 is 0.930 bits per heavy atom. The summed E-state index contributed by atoms with van der Waals surface area (Å²) in [6.45, 7) is 7.50. The van der Waals surface area contributed by atoms with Crippen LogP contribution in [0.15, 0.2) is 40.9 Å². The molecule has 0 spiro atoms. The summed E-state index contributed by atoms with van der Waals surface area (Å²) in [4.78, 5) is 53.0. The number of hydrogen-bond acceptors (Lipinski definition) is 10. The standard InChI is InChI=1S/C31H32BrNO10/c1-14(34)40-26-23(43-30(38-6)28(42-16(3)36)27(26)41-15(2)35)13-39-18-8-10-19-21(12-18)31(4,5)29-24(25(19)37)20-9-7-17(32)11-22(20)33-29/h7-12,23,26-28,30,33H,13H2,1-6H3/t23-,26?,27+,28-,30+/m1/s1. The highest BCUT2D eigenvalue weighted by Gasteiger charge is 2.52. The fourth-order valence-corrected chi connectivity index (χ4v) is 6.19. The van der Waals surface area contributed by atoms with Crippen molar-refractivity contribution in [3.63, 3.8) is 0 Å².